The number of nitrogens with zero attached hydrogens (tertiary/aromatic N) is 5. The van der Waals surface area contributed by atoms with Crippen molar-refractivity contribution in [2.75, 3.05) is 24.6 Å². The minimum atomic E-state index is 0.355. The normalized spacial score (nSPS) is 22.0. The molecule has 2 fully saturated rings. The average Bonchev–Trinajstić information content (AvgIpc) is 3.48. The van der Waals surface area contributed by atoms with Gasteiger partial charge >= 0.3 is 0 Å². The standard InChI is InChI=1S/C21H24ClN5O/c1-14-25-18(12-23)11-21(26-14)28-9-6-16-10-19(16)15-4-7-27(8-5-15)20-3-2-17(22)13-24-20/h2-3,11,13,15-16,19H,4-10H2,1H3. The first kappa shape index (κ1) is 18.9. The minimum absolute atomic E-state index is 0.355. The van der Waals surface area contributed by atoms with E-state index in [1.165, 1.54) is 19.3 Å². The second kappa shape index (κ2) is 8.32. The SMILES string of the molecule is Cc1nc(C#N)cc(OCCC2CC2C2CCN(c3ccc(Cl)cn3)CC2)n1. The second-order valence-corrected chi connectivity index (χ2v) is 8.14. The second-order valence-electron chi connectivity index (χ2n) is 7.71. The van der Waals surface area contributed by atoms with Crippen LogP contribution in [0.3, 0.4) is 0 Å². The molecule has 0 radical (unpaired) electrons. The molecule has 1 saturated carbocycles. The van der Waals surface area contributed by atoms with Crippen LogP contribution in [-0.4, -0.2) is 34.6 Å². The topological polar surface area (TPSA) is 74.9 Å². The maximum absolute atomic E-state index is 8.98. The van der Waals surface area contributed by atoms with Gasteiger partial charge in [-0.2, -0.15) is 10.2 Å². The van der Waals surface area contributed by atoms with E-state index in [0.717, 1.165) is 43.1 Å². The summed E-state index contributed by atoms with van der Waals surface area (Å²) in [5, 5.41) is 9.67. The molecule has 28 heavy (non-hydrogen) atoms. The maximum atomic E-state index is 8.98. The van der Waals surface area contributed by atoms with Crippen LogP contribution in [0.1, 0.15) is 37.2 Å². The van der Waals surface area contributed by atoms with E-state index in [1.54, 1.807) is 19.2 Å². The third-order valence-corrected chi connectivity index (χ3v) is 6.05. The van der Waals surface area contributed by atoms with E-state index < -0.39 is 0 Å². The van der Waals surface area contributed by atoms with Crippen LogP contribution < -0.4 is 9.64 Å². The van der Waals surface area contributed by atoms with Gasteiger partial charge in [-0.15, -0.1) is 0 Å². The Bertz CT molecular complexity index is 858. The van der Waals surface area contributed by atoms with Crippen molar-refractivity contribution in [3.63, 3.8) is 0 Å². The van der Waals surface area contributed by atoms with E-state index >= 15 is 0 Å². The molecule has 0 bridgehead atoms. The van der Waals surface area contributed by atoms with Crippen molar-refractivity contribution in [3.05, 3.63) is 40.9 Å². The number of aryl methyl sites for hydroxylation is 1. The van der Waals surface area contributed by atoms with Crippen LogP contribution in [0.4, 0.5) is 5.82 Å². The maximum Gasteiger partial charge on any atom is 0.217 e. The van der Waals surface area contributed by atoms with Crippen molar-refractivity contribution < 1.29 is 4.74 Å². The van der Waals surface area contributed by atoms with Crippen molar-refractivity contribution in [3.8, 4) is 11.9 Å². The highest BCUT2D eigenvalue weighted by Gasteiger charge is 2.43. The Hall–Kier alpha value is -2.39. The quantitative estimate of drug-likeness (QED) is 0.732. The smallest absolute Gasteiger partial charge is 0.217 e. The zero-order valence-electron chi connectivity index (χ0n) is 16.0. The van der Waals surface area contributed by atoms with Gasteiger partial charge in [-0.05, 0) is 62.5 Å². The van der Waals surface area contributed by atoms with Crippen LogP contribution in [0, 0.1) is 36.0 Å². The molecular weight excluding hydrogens is 374 g/mol. The van der Waals surface area contributed by atoms with Crippen LogP contribution in [0.2, 0.25) is 5.02 Å². The van der Waals surface area contributed by atoms with E-state index in [0.29, 0.717) is 29.0 Å². The summed E-state index contributed by atoms with van der Waals surface area (Å²) < 4.78 is 5.77. The summed E-state index contributed by atoms with van der Waals surface area (Å²) in [6.07, 6.45) is 6.53. The highest BCUT2D eigenvalue weighted by molar-refractivity contribution is 6.30. The first-order chi connectivity index (χ1) is 13.6. The van der Waals surface area contributed by atoms with E-state index in [-0.39, 0.29) is 0 Å². The van der Waals surface area contributed by atoms with E-state index in [1.807, 2.05) is 18.2 Å². The molecular formula is C21H24ClN5O. The number of halogens is 1. The van der Waals surface area contributed by atoms with Gasteiger partial charge in [0.1, 0.15) is 23.4 Å². The van der Waals surface area contributed by atoms with E-state index in [4.69, 9.17) is 21.6 Å². The number of aromatic nitrogens is 3. The van der Waals surface area contributed by atoms with Crippen molar-refractivity contribution in [2.45, 2.75) is 32.6 Å². The fraction of sp³-hybridized carbons (Fsp3) is 0.524. The van der Waals surface area contributed by atoms with Crippen molar-refractivity contribution >= 4 is 17.4 Å². The summed E-state index contributed by atoms with van der Waals surface area (Å²) in [6.45, 7) is 4.55. The number of piperidine rings is 1. The lowest BCUT2D eigenvalue weighted by Crippen LogP contribution is -2.35. The summed E-state index contributed by atoms with van der Waals surface area (Å²) in [7, 11) is 0. The summed E-state index contributed by atoms with van der Waals surface area (Å²) >= 11 is 5.93. The number of anilines is 1. The molecule has 4 rings (SSSR count). The molecule has 0 spiro atoms. The fourth-order valence-corrected chi connectivity index (χ4v) is 4.39. The Kier molecular flexibility index (Phi) is 5.63. The number of rotatable bonds is 6. The Morgan fingerprint density at radius 3 is 2.82 bits per heavy atom. The van der Waals surface area contributed by atoms with Gasteiger partial charge in [0.05, 0.1) is 11.6 Å². The van der Waals surface area contributed by atoms with Crippen molar-refractivity contribution in [1.29, 1.82) is 5.26 Å². The number of pyridine rings is 1. The summed E-state index contributed by atoms with van der Waals surface area (Å²) in [5.41, 5.74) is 0.355. The lowest BCUT2D eigenvalue weighted by molar-refractivity contribution is 0.275. The summed E-state index contributed by atoms with van der Waals surface area (Å²) in [5.74, 6) is 4.49. The third kappa shape index (κ3) is 4.53. The van der Waals surface area contributed by atoms with Crippen LogP contribution in [0.15, 0.2) is 24.4 Å². The van der Waals surface area contributed by atoms with E-state index in [9.17, 15) is 0 Å². The van der Waals surface area contributed by atoms with Gasteiger partial charge in [-0.1, -0.05) is 11.6 Å². The highest BCUT2D eigenvalue weighted by atomic mass is 35.5. The molecule has 0 amide bonds. The molecule has 2 aromatic rings. The molecule has 1 saturated heterocycles. The molecule has 2 aliphatic rings. The van der Waals surface area contributed by atoms with Gasteiger partial charge in [-0.25, -0.2) is 9.97 Å². The first-order valence-electron chi connectivity index (χ1n) is 9.87. The van der Waals surface area contributed by atoms with E-state index in [2.05, 4.69) is 19.9 Å². The zero-order valence-corrected chi connectivity index (χ0v) is 16.8. The summed E-state index contributed by atoms with van der Waals surface area (Å²) in [6, 6.07) is 7.57. The number of nitriles is 1. The predicted molar refractivity (Wildman–Crippen MR) is 107 cm³/mol. The molecule has 0 aromatic carbocycles. The Morgan fingerprint density at radius 2 is 2.11 bits per heavy atom. The molecule has 146 valence electrons. The molecule has 2 aromatic heterocycles. The molecule has 1 aliphatic carbocycles. The number of ether oxygens (including phenoxy) is 1. The Morgan fingerprint density at radius 1 is 1.29 bits per heavy atom. The average molecular weight is 398 g/mol. The fourth-order valence-electron chi connectivity index (χ4n) is 4.28. The third-order valence-electron chi connectivity index (χ3n) is 5.83. The molecule has 7 heteroatoms. The van der Waals surface area contributed by atoms with Crippen molar-refractivity contribution in [2.24, 2.45) is 17.8 Å². The largest absolute Gasteiger partial charge is 0.478 e. The lowest BCUT2D eigenvalue weighted by atomic mass is 9.90. The first-order valence-corrected chi connectivity index (χ1v) is 10.3. The van der Waals surface area contributed by atoms with Crippen LogP contribution in [-0.2, 0) is 0 Å². The molecule has 3 heterocycles. The van der Waals surface area contributed by atoms with Crippen LogP contribution in [0.5, 0.6) is 5.88 Å². The number of hydrogen-bond acceptors (Lipinski definition) is 6. The highest BCUT2D eigenvalue weighted by Crippen LogP contribution is 2.49. The predicted octanol–water partition coefficient (Wildman–Crippen LogP) is 4.03. The molecule has 2 unspecified atom stereocenters. The minimum Gasteiger partial charge on any atom is -0.478 e. The van der Waals surface area contributed by atoms with Gasteiger partial charge in [0.2, 0.25) is 5.88 Å². The molecule has 1 aliphatic heterocycles. The molecule has 0 N–H and O–H groups in total. The van der Waals surface area contributed by atoms with Crippen LogP contribution in [0.25, 0.3) is 0 Å². The molecule has 6 nitrogen and oxygen atoms in total. The number of hydrogen-bond donors (Lipinski definition) is 0. The van der Waals surface area contributed by atoms with Gasteiger partial charge in [0.15, 0.2) is 0 Å². The van der Waals surface area contributed by atoms with Gasteiger partial charge < -0.3 is 9.64 Å². The Balaban J connectivity index is 1.20. The monoisotopic (exact) mass is 397 g/mol. The lowest BCUT2D eigenvalue weighted by Gasteiger charge is -2.33. The van der Waals surface area contributed by atoms with Gasteiger partial charge in [-0.3, -0.25) is 0 Å². The Labute approximate surface area is 170 Å². The van der Waals surface area contributed by atoms with Crippen LogP contribution >= 0.6 is 11.6 Å². The van der Waals surface area contributed by atoms with Gasteiger partial charge in [0, 0.05) is 25.4 Å². The van der Waals surface area contributed by atoms with Gasteiger partial charge in [0.25, 0.3) is 0 Å². The zero-order chi connectivity index (χ0) is 19.5. The molecule has 2 atom stereocenters. The summed E-state index contributed by atoms with van der Waals surface area (Å²) in [4.78, 5) is 15.1. The van der Waals surface area contributed by atoms with Crippen molar-refractivity contribution in [1.82, 2.24) is 15.0 Å².